The van der Waals surface area contributed by atoms with Crippen LogP contribution in [0.2, 0.25) is 0 Å². The number of carbonyl (C=O) groups is 2. The Morgan fingerprint density at radius 1 is 0.488 bits per heavy atom. The minimum atomic E-state index is -0.466. The number of ether oxygens (including phenoxy) is 3. The molecule has 1 heterocycles. The summed E-state index contributed by atoms with van der Waals surface area (Å²) in [7, 11) is 0. The molecular formula is C38H70O5. The van der Waals surface area contributed by atoms with Crippen LogP contribution in [0.5, 0.6) is 0 Å². The smallest absolute Gasteiger partial charge is 0.306 e. The largest absolute Gasteiger partial charge is 0.456 e. The SMILES string of the molecule is CCCCCCCC/C=C/CCCCCCCC(=O)OC1COCC1OC(=O)CCCCCCCCCCCCCCC. The molecule has 0 aromatic rings. The van der Waals surface area contributed by atoms with Gasteiger partial charge in [-0.05, 0) is 38.5 Å². The Balaban J connectivity index is 1.94. The van der Waals surface area contributed by atoms with Crippen LogP contribution in [0.15, 0.2) is 12.2 Å². The summed E-state index contributed by atoms with van der Waals surface area (Å²) in [4.78, 5) is 24.7. The third kappa shape index (κ3) is 25.6. The van der Waals surface area contributed by atoms with Crippen LogP contribution in [0.4, 0.5) is 0 Å². The van der Waals surface area contributed by atoms with E-state index in [4.69, 9.17) is 14.2 Å². The first-order valence-electron chi connectivity index (χ1n) is 18.8. The molecule has 0 radical (unpaired) electrons. The second kappa shape index (κ2) is 30.7. The predicted octanol–water partition coefficient (Wildman–Crippen LogP) is 11.4. The number of hydrogen-bond acceptors (Lipinski definition) is 5. The molecular weight excluding hydrogens is 536 g/mol. The molecule has 0 N–H and O–H groups in total. The number of rotatable bonds is 31. The van der Waals surface area contributed by atoms with E-state index in [9.17, 15) is 9.59 Å². The van der Waals surface area contributed by atoms with Gasteiger partial charge in [0.25, 0.3) is 0 Å². The van der Waals surface area contributed by atoms with E-state index in [0.717, 1.165) is 32.1 Å². The Morgan fingerprint density at radius 3 is 1.14 bits per heavy atom. The van der Waals surface area contributed by atoms with Gasteiger partial charge in [0.1, 0.15) is 0 Å². The molecule has 0 saturated carbocycles. The van der Waals surface area contributed by atoms with Crippen molar-refractivity contribution in [1.29, 1.82) is 0 Å². The molecule has 5 nitrogen and oxygen atoms in total. The number of carbonyl (C=O) groups excluding carboxylic acids is 2. The van der Waals surface area contributed by atoms with Crippen molar-refractivity contribution in [2.45, 2.75) is 206 Å². The van der Waals surface area contributed by atoms with Crippen molar-refractivity contribution in [2.24, 2.45) is 0 Å². The van der Waals surface area contributed by atoms with E-state index < -0.39 is 12.2 Å². The van der Waals surface area contributed by atoms with Gasteiger partial charge < -0.3 is 14.2 Å². The van der Waals surface area contributed by atoms with Crippen LogP contribution in [-0.2, 0) is 23.8 Å². The van der Waals surface area contributed by atoms with Crippen LogP contribution in [0.1, 0.15) is 194 Å². The molecule has 1 saturated heterocycles. The van der Waals surface area contributed by atoms with Gasteiger partial charge in [-0.15, -0.1) is 0 Å². The van der Waals surface area contributed by atoms with Gasteiger partial charge in [-0.1, -0.05) is 154 Å². The van der Waals surface area contributed by atoms with Crippen molar-refractivity contribution in [3.05, 3.63) is 12.2 Å². The third-order valence-electron chi connectivity index (χ3n) is 8.67. The minimum Gasteiger partial charge on any atom is -0.456 e. The van der Waals surface area contributed by atoms with E-state index in [1.165, 1.54) is 135 Å². The zero-order valence-corrected chi connectivity index (χ0v) is 28.6. The molecule has 2 atom stereocenters. The van der Waals surface area contributed by atoms with Crippen LogP contribution in [0.3, 0.4) is 0 Å². The molecule has 0 bridgehead atoms. The van der Waals surface area contributed by atoms with Gasteiger partial charge in [-0.3, -0.25) is 9.59 Å². The topological polar surface area (TPSA) is 61.8 Å². The molecule has 5 heteroatoms. The molecule has 43 heavy (non-hydrogen) atoms. The second-order valence-corrected chi connectivity index (χ2v) is 12.9. The number of unbranched alkanes of at least 4 members (excludes halogenated alkanes) is 23. The molecule has 1 rings (SSSR count). The van der Waals surface area contributed by atoms with Gasteiger partial charge in [0.05, 0.1) is 13.2 Å². The summed E-state index contributed by atoms with van der Waals surface area (Å²) in [6, 6.07) is 0. The van der Waals surface area contributed by atoms with Crippen molar-refractivity contribution < 1.29 is 23.8 Å². The van der Waals surface area contributed by atoms with E-state index in [0.29, 0.717) is 26.1 Å². The molecule has 2 unspecified atom stereocenters. The van der Waals surface area contributed by atoms with Gasteiger partial charge in [0.2, 0.25) is 0 Å². The van der Waals surface area contributed by atoms with Gasteiger partial charge >= 0.3 is 11.9 Å². The molecule has 1 aliphatic rings. The lowest BCUT2D eigenvalue weighted by Gasteiger charge is -2.18. The summed E-state index contributed by atoms with van der Waals surface area (Å²) < 4.78 is 16.7. The second-order valence-electron chi connectivity index (χ2n) is 12.9. The fourth-order valence-electron chi connectivity index (χ4n) is 5.82. The van der Waals surface area contributed by atoms with E-state index in [1.54, 1.807) is 0 Å². The number of hydrogen-bond donors (Lipinski definition) is 0. The van der Waals surface area contributed by atoms with Crippen LogP contribution in [-0.4, -0.2) is 37.4 Å². The summed E-state index contributed by atoms with van der Waals surface area (Å²) in [5, 5.41) is 0. The third-order valence-corrected chi connectivity index (χ3v) is 8.67. The molecule has 0 aromatic heterocycles. The first kappa shape index (κ1) is 39.7. The quantitative estimate of drug-likeness (QED) is 0.0446. The van der Waals surface area contributed by atoms with Gasteiger partial charge in [-0.2, -0.15) is 0 Å². The normalized spacial score (nSPS) is 16.7. The molecule has 0 aliphatic carbocycles. The molecule has 1 fully saturated rings. The van der Waals surface area contributed by atoms with Crippen molar-refractivity contribution in [3.63, 3.8) is 0 Å². The summed E-state index contributed by atoms with van der Waals surface area (Å²) in [5.41, 5.74) is 0. The number of esters is 2. The van der Waals surface area contributed by atoms with Gasteiger partial charge in [-0.25, -0.2) is 0 Å². The Bertz CT molecular complexity index is 661. The van der Waals surface area contributed by atoms with E-state index in [2.05, 4.69) is 26.0 Å². The monoisotopic (exact) mass is 607 g/mol. The lowest BCUT2D eigenvalue weighted by molar-refractivity contribution is -0.164. The van der Waals surface area contributed by atoms with Crippen molar-refractivity contribution in [3.8, 4) is 0 Å². The Hall–Kier alpha value is -1.36. The summed E-state index contributed by atoms with van der Waals surface area (Å²) in [6.45, 7) is 5.16. The average molecular weight is 607 g/mol. The lowest BCUT2D eigenvalue weighted by atomic mass is 10.0. The predicted molar refractivity (Wildman–Crippen MR) is 180 cm³/mol. The fourth-order valence-corrected chi connectivity index (χ4v) is 5.82. The lowest BCUT2D eigenvalue weighted by Crippen LogP contribution is -2.33. The van der Waals surface area contributed by atoms with Crippen molar-refractivity contribution in [2.75, 3.05) is 13.2 Å². The van der Waals surface area contributed by atoms with E-state index in [1.807, 2.05) is 0 Å². The maximum Gasteiger partial charge on any atom is 0.306 e. The van der Waals surface area contributed by atoms with Crippen LogP contribution < -0.4 is 0 Å². The van der Waals surface area contributed by atoms with Crippen LogP contribution in [0.25, 0.3) is 0 Å². The van der Waals surface area contributed by atoms with Gasteiger partial charge in [0, 0.05) is 12.8 Å². The van der Waals surface area contributed by atoms with E-state index >= 15 is 0 Å². The highest BCUT2D eigenvalue weighted by Gasteiger charge is 2.34. The highest BCUT2D eigenvalue weighted by molar-refractivity contribution is 5.70. The molecule has 0 aromatic carbocycles. The summed E-state index contributed by atoms with van der Waals surface area (Å²) in [6.07, 6.45) is 37.4. The molecule has 0 spiro atoms. The van der Waals surface area contributed by atoms with E-state index in [-0.39, 0.29) is 11.9 Å². The average Bonchev–Trinajstić information content (AvgIpc) is 3.43. The number of allylic oxidation sites excluding steroid dienone is 2. The zero-order chi connectivity index (χ0) is 31.1. The van der Waals surface area contributed by atoms with Crippen molar-refractivity contribution in [1.82, 2.24) is 0 Å². The maximum atomic E-state index is 12.3. The Labute approximate surface area is 266 Å². The standard InChI is InChI=1S/C38H70O5/c1-3-5-7-9-11-13-15-17-18-20-22-24-26-28-30-32-38(40)43-36-34-41-33-35(36)42-37(39)31-29-27-25-23-21-19-16-14-12-10-8-6-4-2/h17-18,35-36H,3-16,19-34H2,1-2H3/b18-17+. The first-order chi connectivity index (χ1) is 21.2. The Kier molecular flexibility index (Phi) is 28.3. The molecule has 252 valence electrons. The zero-order valence-electron chi connectivity index (χ0n) is 28.6. The summed E-state index contributed by atoms with van der Waals surface area (Å²) >= 11 is 0. The minimum absolute atomic E-state index is 0.197. The maximum absolute atomic E-state index is 12.3. The van der Waals surface area contributed by atoms with Crippen LogP contribution in [0, 0.1) is 0 Å². The summed E-state index contributed by atoms with van der Waals surface area (Å²) in [5.74, 6) is -0.400. The van der Waals surface area contributed by atoms with Gasteiger partial charge in [0.15, 0.2) is 12.2 Å². The van der Waals surface area contributed by atoms with Crippen LogP contribution >= 0.6 is 0 Å². The highest BCUT2D eigenvalue weighted by atomic mass is 16.6. The Morgan fingerprint density at radius 2 is 0.791 bits per heavy atom. The molecule has 0 amide bonds. The van der Waals surface area contributed by atoms with Crippen molar-refractivity contribution >= 4 is 11.9 Å². The highest BCUT2D eigenvalue weighted by Crippen LogP contribution is 2.18. The molecule has 1 aliphatic heterocycles. The fraction of sp³-hybridized carbons (Fsp3) is 0.895. The first-order valence-corrected chi connectivity index (χ1v) is 18.8.